The maximum absolute atomic E-state index is 11.9. The van der Waals surface area contributed by atoms with Crippen LogP contribution in [0.1, 0.15) is 16.1 Å². The van der Waals surface area contributed by atoms with Gasteiger partial charge in [-0.2, -0.15) is 0 Å². The van der Waals surface area contributed by atoms with Crippen LogP contribution in [0.25, 0.3) is 0 Å². The Morgan fingerprint density at radius 1 is 1.21 bits per heavy atom. The van der Waals surface area contributed by atoms with Gasteiger partial charge in [0.2, 0.25) is 0 Å². The molecule has 0 aliphatic carbocycles. The van der Waals surface area contributed by atoms with Gasteiger partial charge in [-0.15, -0.1) is 0 Å². The van der Waals surface area contributed by atoms with Gasteiger partial charge in [0.15, 0.2) is 0 Å². The number of hydrogen-bond donors (Lipinski definition) is 1. The molecule has 98 valence electrons. The largest absolute Gasteiger partial charge is 0.352 e. The zero-order valence-corrected chi connectivity index (χ0v) is 11.6. The molecule has 0 spiro atoms. The maximum atomic E-state index is 11.9. The number of halogens is 2. The van der Waals surface area contributed by atoms with E-state index in [0.717, 1.165) is 5.69 Å². The number of nitrogens with zero attached hydrogens (tertiary/aromatic N) is 1. The normalized spacial score (nSPS) is 10.2. The van der Waals surface area contributed by atoms with Crippen LogP contribution in [0.4, 0.5) is 0 Å². The Bertz CT molecular complexity index is 573. The summed E-state index contributed by atoms with van der Waals surface area (Å²) in [6, 6.07) is 10.5. The minimum atomic E-state index is -0.233. The van der Waals surface area contributed by atoms with Crippen molar-refractivity contribution in [2.45, 2.75) is 6.42 Å². The van der Waals surface area contributed by atoms with Crippen LogP contribution < -0.4 is 5.32 Å². The van der Waals surface area contributed by atoms with Crippen LogP contribution in [0.2, 0.25) is 10.0 Å². The van der Waals surface area contributed by atoms with Crippen molar-refractivity contribution in [3.63, 3.8) is 0 Å². The molecule has 1 amide bonds. The molecule has 1 heterocycles. The first-order valence-electron chi connectivity index (χ1n) is 5.80. The van der Waals surface area contributed by atoms with Crippen LogP contribution in [-0.2, 0) is 6.42 Å². The van der Waals surface area contributed by atoms with E-state index >= 15 is 0 Å². The molecule has 2 aromatic rings. The molecule has 0 fully saturated rings. The Labute approximate surface area is 121 Å². The summed E-state index contributed by atoms with van der Waals surface area (Å²) >= 11 is 11.8. The van der Waals surface area contributed by atoms with E-state index in [0.29, 0.717) is 28.6 Å². The lowest BCUT2D eigenvalue weighted by Crippen LogP contribution is -2.26. The van der Waals surface area contributed by atoms with Crippen LogP contribution in [0.15, 0.2) is 42.6 Å². The van der Waals surface area contributed by atoms with Gasteiger partial charge < -0.3 is 5.32 Å². The average molecular weight is 295 g/mol. The van der Waals surface area contributed by atoms with Crippen molar-refractivity contribution in [3.05, 3.63) is 63.9 Å². The van der Waals surface area contributed by atoms with E-state index in [-0.39, 0.29) is 5.91 Å². The van der Waals surface area contributed by atoms with Crippen molar-refractivity contribution in [2.75, 3.05) is 6.54 Å². The van der Waals surface area contributed by atoms with Gasteiger partial charge in [0.25, 0.3) is 5.91 Å². The van der Waals surface area contributed by atoms with Gasteiger partial charge in [-0.05, 0) is 30.3 Å². The highest BCUT2D eigenvalue weighted by Crippen LogP contribution is 2.20. The second-order valence-corrected chi connectivity index (χ2v) is 4.79. The van der Waals surface area contributed by atoms with Gasteiger partial charge >= 0.3 is 0 Å². The van der Waals surface area contributed by atoms with E-state index < -0.39 is 0 Å². The van der Waals surface area contributed by atoms with Gasteiger partial charge in [0, 0.05) is 29.9 Å². The van der Waals surface area contributed by atoms with Gasteiger partial charge in [0.1, 0.15) is 0 Å². The minimum Gasteiger partial charge on any atom is -0.352 e. The SMILES string of the molecule is O=C(NCCc1ccccn1)c1cc(Cl)ccc1Cl. The second kappa shape index (κ2) is 6.55. The van der Waals surface area contributed by atoms with Crippen LogP contribution in [0, 0.1) is 0 Å². The lowest BCUT2D eigenvalue weighted by Gasteiger charge is -2.07. The van der Waals surface area contributed by atoms with E-state index in [4.69, 9.17) is 23.2 Å². The lowest BCUT2D eigenvalue weighted by molar-refractivity contribution is 0.0954. The maximum Gasteiger partial charge on any atom is 0.252 e. The lowest BCUT2D eigenvalue weighted by atomic mass is 10.2. The molecule has 3 nitrogen and oxygen atoms in total. The number of nitrogens with one attached hydrogen (secondary N) is 1. The van der Waals surface area contributed by atoms with Crippen molar-refractivity contribution < 1.29 is 4.79 Å². The standard InChI is InChI=1S/C14H12Cl2N2O/c15-10-4-5-13(16)12(9-10)14(19)18-8-6-11-3-1-2-7-17-11/h1-5,7,9H,6,8H2,(H,18,19). The first-order chi connectivity index (χ1) is 9.16. The first-order valence-corrected chi connectivity index (χ1v) is 6.55. The number of amides is 1. The number of aromatic nitrogens is 1. The monoisotopic (exact) mass is 294 g/mol. The van der Waals surface area contributed by atoms with Crippen LogP contribution in [0.5, 0.6) is 0 Å². The third kappa shape index (κ3) is 3.94. The number of hydrogen-bond acceptors (Lipinski definition) is 2. The summed E-state index contributed by atoms with van der Waals surface area (Å²) in [7, 11) is 0. The van der Waals surface area contributed by atoms with Crippen molar-refractivity contribution in [2.24, 2.45) is 0 Å². The van der Waals surface area contributed by atoms with Gasteiger partial charge in [-0.25, -0.2) is 0 Å². The molecule has 19 heavy (non-hydrogen) atoms. The van der Waals surface area contributed by atoms with Gasteiger partial charge in [-0.1, -0.05) is 29.3 Å². The molecular formula is C14H12Cl2N2O. The fourth-order valence-electron chi connectivity index (χ4n) is 1.62. The van der Waals surface area contributed by atoms with Crippen molar-refractivity contribution in [1.29, 1.82) is 0 Å². The zero-order chi connectivity index (χ0) is 13.7. The molecule has 0 aliphatic rings. The predicted octanol–water partition coefficient (Wildman–Crippen LogP) is 3.36. The summed E-state index contributed by atoms with van der Waals surface area (Å²) in [5.74, 6) is -0.233. The van der Waals surface area contributed by atoms with E-state index in [1.54, 1.807) is 24.4 Å². The number of rotatable bonds is 4. The number of carbonyl (C=O) groups is 1. The Balaban J connectivity index is 1.93. The molecule has 1 aromatic carbocycles. The van der Waals surface area contributed by atoms with E-state index in [2.05, 4.69) is 10.3 Å². The summed E-state index contributed by atoms with van der Waals surface area (Å²) in [6.07, 6.45) is 2.40. The van der Waals surface area contributed by atoms with Crippen molar-refractivity contribution >= 4 is 29.1 Å². The Morgan fingerprint density at radius 2 is 2.05 bits per heavy atom. The van der Waals surface area contributed by atoms with Gasteiger partial charge in [0.05, 0.1) is 10.6 Å². The highest BCUT2D eigenvalue weighted by Gasteiger charge is 2.10. The van der Waals surface area contributed by atoms with Crippen LogP contribution >= 0.6 is 23.2 Å². The Kier molecular flexibility index (Phi) is 4.77. The molecule has 0 saturated carbocycles. The fourth-order valence-corrected chi connectivity index (χ4v) is 1.99. The smallest absolute Gasteiger partial charge is 0.252 e. The first kappa shape index (κ1) is 13.8. The summed E-state index contributed by atoms with van der Waals surface area (Å²) in [4.78, 5) is 16.1. The highest BCUT2D eigenvalue weighted by molar-refractivity contribution is 6.35. The molecule has 0 saturated heterocycles. The summed E-state index contributed by atoms with van der Waals surface area (Å²) in [5.41, 5.74) is 1.31. The van der Waals surface area contributed by atoms with Crippen LogP contribution in [0.3, 0.4) is 0 Å². The predicted molar refractivity (Wildman–Crippen MR) is 76.7 cm³/mol. The van der Waals surface area contributed by atoms with Crippen molar-refractivity contribution in [3.8, 4) is 0 Å². The fraction of sp³-hybridized carbons (Fsp3) is 0.143. The molecule has 0 bridgehead atoms. The highest BCUT2D eigenvalue weighted by atomic mass is 35.5. The van der Waals surface area contributed by atoms with Crippen LogP contribution in [-0.4, -0.2) is 17.4 Å². The zero-order valence-electron chi connectivity index (χ0n) is 10.1. The van der Waals surface area contributed by atoms with E-state index in [1.807, 2.05) is 18.2 Å². The molecule has 0 unspecified atom stereocenters. The third-order valence-electron chi connectivity index (χ3n) is 2.57. The van der Waals surface area contributed by atoms with E-state index in [9.17, 15) is 4.79 Å². The molecule has 0 radical (unpaired) electrons. The molecule has 1 N–H and O–H groups in total. The van der Waals surface area contributed by atoms with Gasteiger partial charge in [-0.3, -0.25) is 9.78 Å². The average Bonchev–Trinajstić information content (AvgIpc) is 2.42. The Morgan fingerprint density at radius 3 is 2.79 bits per heavy atom. The van der Waals surface area contributed by atoms with E-state index in [1.165, 1.54) is 0 Å². The summed E-state index contributed by atoms with van der Waals surface area (Å²) in [5, 5.41) is 3.67. The quantitative estimate of drug-likeness (QED) is 0.939. The Hall–Kier alpha value is -1.58. The molecule has 2 rings (SSSR count). The molecule has 0 atom stereocenters. The third-order valence-corrected chi connectivity index (χ3v) is 3.13. The molecular weight excluding hydrogens is 283 g/mol. The number of benzene rings is 1. The molecule has 5 heteroatoms. The van der Waals surface area contributed by atoms with Crippen molar-refractivity contribution in [1.82, 2.24) is 10.3 Å². The molecule has 0 aliphatic heterocycles. The number of pyridine rings is 1. The summed E-state index contributed by atoms with van der Waals surface area (Å²) in [6.45, 7) is 0.499. The number of carbonyl (C=O) groups excluding carboxylic acids is 1. The molecule has 1 aromatic heterocycles. The minimum absolute atomic E-state index is 0.233. The summed E-state index contributed by atoms with van der Waals surface area (Å²) < 4.78 is 0. The second-order valence-electron chi connectivity index (χ2n) is 3.95. The topological polar surface area (TPSA) is 42.0 Å².